The summed E-state index contributed by atoms with van der Waals surface area (Å²) in [5, 5.41) is -2.20. The molecular formula is C60H41BN4OS. The second kappa shape index (κ2) is 13.3. The van der Waals surface area contributed by atoms with Crippen LogP contribution in [0.15, 0.2) is 198 Å². The summed E-state index contributed by atoms with van der Waals surface area (Å²) in [5.41, 5.74) is -12.4. The zero-order valence-electron chi connectivity index (χ0n) is 66.7. The van der Waals surface area contributed by atoms with E-state index in [9.17, 15) is 30.2 Å². The monoisotopic (exact) mass is 909 g/mol. The fourth-order valence-corrected chi connectivity index (χ4v) is 10.5. The number of anilines is 9. The van der Waals surface area contributed by atoms with Crippen molar-refractivity contribution >= 4 is 139 Å². The Balaban J connectivity index is 1.31. The summed E-state index contributed by atoms with van der Waals surface area (Å²) < 4.78 is 314. The first-order valence-corrected chi connectivity index (χ1v) is 21.4. The van der Waals surface area contributed by atoms with Gasteiger partial charge in [-0.15, -0.1) is 11.3 Å². The van der Waals surface area contributed by atoms with Crippen LogP contribution < -0.4 is 31.3 Å². The Morgan fingerprint density at radius 2 is 1.15 bits per heavy atom. The van der Waals surface area contributed by atoms with Gasteiger partial charge in [0.15, 0.2) is 0 Å². The first kappa shape index (κ1) is 18.0. The molecule has 9 aromatic carbocycles. The van der Waals surface area contributed by atoms with Crippen LogP contribution in [-0.4, -0.2) is 11.3 Å². The molecular weight excluding hydrogens is 836 g/mol. The molecule has 0 aliphatic carbocycles. The van der Waals surface area contributed by atoms with Gasteiger partial charge < -0.3 is 23.7 Å². The van der Waals surface area contributed by atoms with Crippen LogP contribution in [0.3, 0.4) is 0 Å². The van der Waals surface area contributed by atoms with E-state index in [0.717, 1.165) is 14.4 Å². The molecule has 12 aromatic rings. The number of benzene rings is 9. The number of hydrogen-bond acceptors (Lipinski definition) is 5. The third kappa shape index (κ3) is 4.99. The molecule has 67 heavy (non-hydrogen) atoms. The lowest BCUT2D eigenvalue weighted by molar-refractivity contribution is 0.590. The van der Waals surface area contributed by atoms with Gasteiger partial charge >= 0.3 is 0 Å². The molecule has 7 heteroatoms. The molecule has 3 aliphatic rings. The zero-order chi connectivity index (χ0) is 72.1. The van der Waals surface area contributed by atoms with Gasteiger partial charge in [-0.1, -0.05) is 130 Å². The molecule has 0 amide bonds. The van der Waals surface area contributed by atoms with E-state index in [2.05, 4.69) is 0 Å². The largest absolute Gasteiger partial charge is 0.468 e. The lowest BCUT2D eigenvalue weighted by Gasteiger charge is -2.45. The molecule has 15 rings (SSSR count). The average molecular weight is 909 g/mol. The van der Waals surface area contributed by atoms with Gasteiger partial charge in [0.1, 0.15) is 5.58 Å². The summed E-state index contributed by atoms with van der Waals surface area (Å²) in [6, 6.07) is -29.9. The van der Waals surface area contributed by atoms with Crippen molar-refractivity contribution in [3.05, 3.63) is 199 Å². The third-order valence-corrected chi connectivity index (χ3v) is 13.2. The maximum Gasteiger partial charge on any atom is 0.297 e. The Bertz CT molecular complexity index is 5870. The molecule has 0 saturated carbocycles. The van der Waals surface area contributed by atoms with Gasteiger partial charge in [-0.05, 0) is 106 Å². The Kier molecular flexibility index (Phi) is 3.58. The molecule has 316 valence electrons. The maximum atomic E-state index is 11.2. The Morgan fingerprint density at radius 1 is 0.522 bits per heavy atom. The Hall–Kier alpha value is -8.00. The quantitative estimate of drug-likeness (QED) is 0.165. The number of hydrogen-bond donors (Lipinski definition) is 0. The summed E-state index contributed by atoms with van der Waals surface area (Å²) in [7, 11) is 0. The number of nitrogens with zero attached hydrogens (tertiary/aromatic N) is 4. The van der Waals surface area contributed by atoms with E-state index in [1.165, 1.54) is 0 Å². The number of rotatable bonds is 4. The smallest absolute Gasteiger partial charge is 0.297 e. The van der Waals surface area contributed by atoms with Crippen molar-refractivity contribution < 1.29 is 48.3 Å². The van der Waals surface area contributed by atoms with Gasteiger partial charge in [0.2, 0.25) is 0 Å². The lowest BCUT2D eigenvalue weighted by Crippen LogP contribution is -2.61. The number of fused-ring (bicyclic) bond motifs is 14. The highest BCUT2D eigenvalue weighted by Crippen LogP contribution is 2.56. The van der Waals surface area contributed by atoms with Gasteiger partial charge in [0, 0.05) is 59.1 Å². The topological polar surface area (TPSA) is 27.8 Å². The van der Waals surface area contributed by atoms with Crippen LogP contribution >= 0.6 is 11.3 Å². The molecule has 0 spiro atoms. The van der Waals surface area contributed by atoms with Crippen molar-refractivity contribution in [2.75, 3.05) is 14.7 Å². The average Bonchev–Trinajstić information content (AvgIpc) is 1.62. The minimum Gasteiger partial charge on any atom is -0.468 e. The summed E-state index contributed by atoms with van der Waals surface area (Å²) in [4.78, 5) is 2.40. The number of para-hydroxylation sites is 5. The number of furan rings is 1. The molecule has 6 heterocycles. The van der Waals surface area contributed by atoms with Crippen LogP contribution in [0, 0.1) is 0 Å². The molecule has 0 saturated heterocycles. The van der Waals surface area contributed by atoms with Crippen LogP contribution in [0.5, 0.6) is 0 Å². The number of aromatic nitrogens is 1. The van der Waals surface area contributed by atoms with Crippen LogP contribution in [0.25, 0.3) is 58.6 Å². The third-order valence-electron chi connectivity index (χ3n) is 12.2. The van der Waals surface area contributed by atoms with Crippen molar-refractivity contribution in [3.8, 4) is 5.69 Å². The Morgan fingerprint density at radius 3 is 1.93 bits per heavy atom. The van der Waals surface area contributed by atoms with Gasteiger partial charge in [-0.3, -0.25) is 0 Å². The molecule has 3 aliphatic heterocycles. The summed E-state index contributed by atoms with van der Waals surface area (Å²) in [6.45, 7) is 2.78. The molecule has 0 fully saturated rings. The van der Waals surface area contributed by atoms with Crippen molar-refractivity contribution in [3.63, 3.8) is 0 Å². The van der Waals surface area contributed by atoms with Crippen LogP contribution in [0.4, 0.5) is 51.2 Å². The van der Waals surface area contributed by atoms with E-state index in [0.29, 0.717) is 16.2 Å². The fourth-order valence-electron chi connectivity index (χ4n) is 9.53. The minimum atomic E-state index is -2.06. The minimum absolute atomic E-state index is 0.140. The van der Waals surface area contributed by atoms with E-state index < -0.39 is 322 Å². The second-order valence-corrected chi connectivity index (χ2v) is 17.9. The standard InChI is InChI=1S/C60H41BN4OS/c1-60(2,3)36-31-32-51-43(33-36)57-59(66-51)61-44-24-15-28-48-58(44)65(47-27-14-23-41-40-21-10-12-25-45(40)63(48)56(41)47)50-35-39(62(37-17-6-4-7-18-37)38-19-8-5-9-20-38)34-49(55(50)61)64(57)46-26-16-30-53-54(46)42-22-11-13-29-52(42)67-53/h4-35H,1-3H3/i4D,5D,6D,7D,8D,9D,10D,11D,12D,13D,14D,15D,16D,17D,18D,19D,20D,21D,22D,23D,24D,25D,26D,27D,28D,29D,30D,31D,32D,33D,34D,35D. The fraction of sp³-hybridized carbons (Fsp3) is 0.0667. The molecule has 0 radical (unpaired) electrons. The van der Waals surface area contributed by atoms with E-state index in [-0.39, 0.29) is 15.0 Å². The van der Waals surface area contributed by atoms with Gasteiger partial charge in [0.25, 0.3) is 6.71 Å². The normalized spacial score (nSPS) is 20.2. The first-order valence-electron chi connectivity index (χ1n) is 36.6. The highest BCUT2D eigenvalue weighted by molar-refractivity contribution is 7.26. The van der Waals surface area contributed by atoms with Crippen LogP contribution in [-0.2, 0) is 5.41 Å². The van der Waals surface area contributed by atoms with E-state index >= 15 is 0 Å². The summed E-state index contributed by atoms with van der Waals surface area (Å²) in [5.74, 6) is 0. The van der Waals surface area contributed by atoms with Crippen molar-refractivity contribution in [1.29, 1.82) is 0 Å². The number of thiophene rings is 1. The second-order valence-electron chi connectivity index (χ2n) is 16.8. The molecule has 0 unspecified atom stereocenters. The van der Waals surface area contributed by atoms with Crippen LogP contribution in [0.2, 0.25) is 0 Å². The SMILES string of the molecule is [2H]c1c([2H])c([2H])c(N(c2c([2H])c([2H])c([2H])c([2H])c2[2H])c2c([2H])c3c4c(c2[2H])N2c5c(c([2H])c([2H])c([2H])c5-n5c6c([2H])c([2H])c([2H])c([2H])c6c6c([2H])c([2H])c([2H])c2c65)B4c2oc4c([2H])c([2H])c(C(C)(C)C)c([2H])c4c2N3c2c([2H])c([2H])c([2H])c3sc4c([2H])c([2H])c([2H])c([2H])c4c23)c([2H])c1[2H]. The van der Waals surface area contributed by atoms with Gasteiger partial charge in [-0.25, -0.2) is 0 Å². The van der Waals surface area contributed by atoms with Crippen molar-refractivity contribution in [1.82, 2.24) is 4.57 Å². The van der Waals surface area contributed by atoms with Gasteiger partial charge in [0.05, 0.1) is 94.7 Å². The predicted molar refractivity (Wildman–Crippen MR) is 284 cm³/mol. The highest BCUT2D eigenvalue weighted by atomic mass is 32.1. The Labute approximate surface area is 437 Å². The van der Waals surface area contributed by atoms with Crippen LogP contribution in [0.1, 0.15) is 70.2 Å². The molecule has 5 nitrogen and oxygen atoms in total. The highest BCUT2D eigenvalue weighted by Gasteiger charge is 2.49. The van der Waals surface area contributed by atoms with E-state index in [1.54, 1.807) is 20.8 Å². The summed E-state index contributed by atoms with van der Waals surface area (Å²) in [6.07, 6.45) is 0. The van der Waals surface area contributed by atoms with E-state index in [4.69, 9.17) is 18.1 Å². The molecule has 0 bridgehead atoms. The predicted octanol–water partition coefficient (Wildman–Crippen LogP) is 15.1. The molecule has 3 aromatic heterocycles. The maximum absolute atomic E-state index is 11.2. The first-order chi connectivity index (χ1) is 46.2. The van der Waals surface area contributed by atoms with E-state index in [1.807, 2.05) is 0 Å². The molecule has 0 N–H and O–H groups in total. The lowest BCUT2D eigenvalue weighted by atomic mass is 9.35. The molecule has 0 atom stereocenters. The zero-order valence-corrected chi connectivity index (χ0v) is 35.5. The van der Waals surface area contributed by atoms with Crippen molar-refractivity contribution in [2.45, 2.75) is 26.2 Å². The summed E-state index contributed by atoms with van der Waals surface area (Å²) >= 11 is 0.594. The van der Waals surface area contributed by atoms with Gasteiger partial charge in [-0.2, -0.15) is 0 Å². The van der Waals surface area contributed by atoms with Crippen molar-refractivity contribution in [2.24, 2.45) is 0 Å².